The molecule has 2 aromatic rings. The number of carbonyl (C=O) groups excluding carboxylic acids is 1. The summed E-state index contributed by atoms with van der Waals surface area (Å²) in [5.74, 6) is 0.368. The van der Waals surface area contributed by atoms with Crippen molar-refractivity contribution in [2.45, 2.75) is 12.5 Å². The molecule has 136 valence electrons. The highest BCUT2D eigenvalue weighted by molar-refractivity contribution is 7.98. The SMILES string of the molecule is COc1cc(OC)c2cc(C(=O)NC(CCSC)C(=O)O)n(C)c2c1. The van der Waals surface area contributed by atoms with Crippen LogP contribution in [0, 0.1) is 0 Å². The zero-order valence-electron chi connectivity index (χ0n) is 14.7. The number of aliphatic carboxylic acids is 1. The van der Waals surface area contributed by atoms with E-state index in [1.807, 2.05) is 6.26 Å². The topological polar surface area (TPSA) is 89.8 Å². The number of carbonyl (C=O) groups is 2. The molecule has 1 aromatic heterocycles. The van der Waals surface area contributed by atoms with Crippen molar-refractivity contribution in [2.75, 3.05) is 26.2 Å². The molecule has 0 bridgehead atoms. The number of nitrogens with zero attached hydrogens (tertiary/aromatic N) is 1. The van der Waals surface area contributed by atoms with Crippen molar-refractivity contribution in [3.05, 3.63) is 23.9 Å². The van der Waals surface area contributed by atoms with E-state index in [4.69, 9.17) is 9.47 Å². The number of carboxylic acid groups (broad SMARTS) is 1. The fourth-order valence-electron chi connectivity index (χ4n) is 2.60. The van der Waals surface area contributed by atoms with Crippen LogP contribution >= 0.6 is 11.8 Å². The van der Waals surface area contributed by atoms with Crippen LogP contribution in [0.5, 0.6) is 11.5 Å². The first-order valence-electron chi connectivity index (χ1n) is 7.67. The third-order valence-electron chi connectivity index (χ3n) is 4.00. The molecule has 1 aromatic carbocycles. The largest absolute Gasteiger partial charge is 0.497 e. The standard InChI is InChI=1S/C17H22N2O5S/c1-19-13-7-10(23-2)8-15(24-3)11(13)9-14(19)16(20)18-12(17(21)22)5-6-25-4/h7-9,12H,5-6H2,1-4H3,(H,18,20)(H,21,22). The van der Waals surface area contributed by atoms with E-state index in [1.165, 1.54) is 11.8 Å². The Bertz CT molecular complexity index is 787. The molecule has 1 amide bonds. The molecule has 0 aliphatic carbocycles. The summed E-state index contributed by atoms with van der Waals surface area (Å²) < 4.78 is 12.3. The van der Waals surface area contributed by atoms with E-state index >= 15 is 0 Å². The maximum absolute atomic E-state index is 12.6. The molecule has 0 spiro atoms. The van der Waals surface area contributed by atoms with Gasteiger partial charge in [0.05, 0.1) is 19.7 Å². The van der Waals surface area contributed by atoms with Crippen LogP contribution in [0.15, 0.2) is 18.2 Å². The van der Waals surface area contributed by atoms with Gasteiger partial charge in [-0.25, -0.2) is 4.79 Å². The van der Waals surface area contributed by atoms with Gasteiger partial charge >= 0.3 is 5.97 Å². The van der Waals surface area contributed by atoms with Gasteiger partial charge in [0.25, 0.3) is 5.91 Å². The number of rotatable bonds is 8. The zero-order chi connectivity index (χ0) is 18.6. The van der Waals surface area contributed by atoms with Gasteiger partial charge < -0.3 is 24.5 Å². The first kappa shape index (κ1) is 19.0. The molecule has 0 saturated carbocycles. The van der Waals surface area contributed by atoms with E-state index in [9.17, 15) is 14.7 Å². The molecule has 0 fully saturated rings. The molecule has 0 saturated heterocycles. The first-order valence-corrected chi connectivity index (χ1v) is 9.06. The third kappa shape index (κ3) is 4.01. The van der Waals surface area contributed by atoms with Gasteiger partial charge in [-0.05, 0) is 24.5 Å². The normalized spacial score (nSPS) is 12.0. The Morgan fingerprint density at radius 1 is 1.28 bits per heavy atom. The lowest BCUT2D eigenvalue weighted by atomic mass is 10.2. The number of fused-ring (bicyclic) bond motifs is 1. The number of carboxylic acids is 1. The molecule has 1 unspecified atom stereocenters. The second-order valence-electron chi connectivity index (χ2n) is 5.50. The Hall–Kier alpha value is -2.35. The highest BCUT2D eigenvalue weighted by Crippen LogP contribution is 2.33. The van der Waals surface area contributed by atoms with Gasteiger partial charge in [0, 0.05) is 24.6 Å². The molecule has 25 heavy (non-hydrogen) atoms. The summed E-state index contributed by atoms with van der Waals surface area (Å²) in [6.07, 6.45) is 2.26. The van der Waals surface area contributed by atoms with Crippen molar-refractivity contribution in [1.82, 2.24) is 9.88 Å². The maximum Gasteiger partial charge on any atom is 0.326 e. The van der Waals surface area contributed by atoms with Crippen LogP contribution in [0.1, 0.15) is 16.9 Å². The Balaban J connectivity index is 2.38. The predicted molar refractivity (Wildman–Crippen MR) is 97.9 cm³/mol. The van der Waals surface area contributed by atoms with Gasteiger partial charge in [-0.3, -0.25) is 4.79 Å². The fourth-order valence-corrected chi connectivity index (χ4v) is 3.07. The number of aryl methyl sites for hydroxylation is 1. The van der Waals surface area contributed by atoms with Crippen LogP contribution in [-0.4, -0.2) is 53.8 Å². The molecule has 0 aliphatic rings. The molecular weight excluding hydrogens is 344 g/mol. The van der Waals surface area contributed by atoms with E-state index in [2.05, 4.69) is 5.32 Å². The van der Waals surface area contributed by atoms with Gasteiger partial charge in [0.15, 0.2) is 0 Å². The lowest BCUT2D eigenvalue weighted by Gasteiger charge is -2.14. The smallest absolute Gasteiger partial charge is 0.326 e. The average Bonchev–Trinajstić information content (AvgIpc) is 2.94. The Kier molecular flexibility index (Phi) is 6.19. The number of benzene rings is 1. The molecule has 2 N–H and O–H groups in total. The van der Waals surface area contributed by atoms with E-state index in [1.54, 1.807) is 44.0 Å². The highest BCUT2D eigenvalue weighted by Gasteiger charge is 2.23. The summed E-state index contributed by atoms with van der Waals surface area (Å²) in [4.78, 5) is 23.9. The summed E-state index contributed by atoms with van der Waals surface area (Å²) in [5, 5.41) is 12.6. The van der Waals surface area contributed by atoms with Crippen LogP contribution in [0.2, 0.25) is 0 Å². The quantitative estimate of drug-likeness (QED) is 0.744. The van der Waals surface area contributed by atoms with Crippen LogP contribution in [0.4, 0.5) is 0 Å². The van der Waals surface area contributed by atoms with Crippen molar-refractivity contribution in [1.29, 1.82) is 0 Å². The lowest BCUT2D eigenvalue weighted by molar-refractivity contribution is -0.139. The fraction of sp³-hybridized carbons (Fsp3) is 0.412. The number of thioether (sulfide) groups is 1. The number of amides is 1. The molecule has 8 heteroatoms. The molecule has 7 nitrogen and oxygen atoms in total. The van der Waals surface area contributed by atoms with Gasteiger partial charge in [-0.1, -0.05) is 0 Å². The summed E-state index contributed by atoms with van der Waals surface area (Å²) in [7, 11) is 4.85. The summed E-state index contributed by atoms with van der Waals surface area (Å²) >= 11 is 1.54. The van der Waals surface area contributed by atoms with Gasteiger partial charge in [0.1, 0.15) is 23.2 Å². The van der Waals surface area contributed by atoms with E-state index < -0.39 is 17.9 Å². The molecule has 0 radical (unpaired) electrons. The van der Waals surface area contributed by atoms with Crippen molar-refractivity contribution >= 4 is 34.5 Å². The van der Waals surface area contributed by atoms with Crippen LogP contribution in [0.3, 0.4) is 0 Å². The Morgan fingerprint density at radius 2 is 2.00 bits per heavy atom. The number of methoxy groups -OCH3 is 2. The van der Waals surface area contributed by atoms with Crippen LogP contribution < -0.4 is 14.8 Å². The van der Waals surface area contributed by atoms with Crippen molar-refractivity contribution in [3.8, 4) is 11.5 Å². The molecule has 1 atom stereocenters. The first-order chi connectivity index (χ1) is 11.9. The van der Waals surface area contributed by atoms with Crippen molar-refractivity contribution in [2.24, 2.45) is 7.05 Å². The minimum Gasteiger partial charge on any atom is -0.497 e. The molecule has 0 aliphatic heterocycles. The van der Waals surface area contributed by atoms with E-state index in [-0.39, 0.29) is 0 Å². The van der Waals surface area contributed by atoms with E-state index in [0.717, 1.165) is 10.9 Å². The Morgan fingerprint density at radius 3 is 2.56 bits per heavy atom. The minimum absolute atomic E-state index is 0.358. The van der Waals surface area contributed by atoms with Crippen LogP contribution in [0.25, 0.3) is 10.9 Å². The number of hydrogen-bond donors (Lipinski definition) is 2. The third-order valence-corrected chi connectivity index (χ3v) is 4.64. The maximum atomic E-state index is 12.6. The number of aromatic nitrogens is 1. The predicted octanol–water partition coefficient (Wildman–Crippen LogP) is 2.13. The monoisotopic (exact) mass is 366 g/mol. The minimum atomic E-state index is -1.04. The Labute approximate surface area is 150 Å². The zero-order valence-corrected chi connectivity index (χ0v) is 15.5. The van der Waals surface area contributed by atoms with Crippen molar-refractivity contribution < 1.29 is 24.2 Å². The molecule has 1 heterocycles. The van der Waals surface area contributed by atoms with E-state index in [0.29, 0.717) is 29.4 Å². The number of nitrogens with one attached hydrogen (secondary N) is 1. The summed E-state index contributed by atoms with van der Waals surface area (Å²) in [6, 6.07) is 4.31. The lowest BCUT2D eigenvalue weighted by Crippen LogP contribution is -2.41. The molecular formula is C17H22N2O5S. The van der Waals surface area contributed by atoms with Crippen LogP contribution in [-0.2, 0) is 11.8 Å². The van der Waals surface area contributed by atoms with Gasteiger partial charge in [-0.2, -0.15) is 11.8 Å². The number of ether oxygens (including phenoxy) is 2. The highest BCUT2D eigenvalue weighted by atomic mass is 32.2. The van der Waals surface area contributed by atoms with Gasteiger partial charge in [0.2, 0.25) is 0 Å². The second-order valence-corrected chi connectivity index (χ2v) is 6.48. The summed E-state index contributed by atoms with van der Waals surface area (Å²) in [5.41, 5.74) is 1.12. The van der Waals surface area contributed by atoms with Crippen molar-refractivity contribution in [3.63, 3.8) is 0 Å². The van der Waals surface area contributed by atoms with Gasteiger partial charge in [-0.15, -0.1) is 0 Å². The average molecular weight is 366 g/mol. The second kappa shape index (κ2) is 8.15. The summed E-state index contributed by atoms with van der Waals surface area (Å²) in [6.45, 7) is 0. The molecule has 2 rings (SSSR count). The number of hydrogen-bond acceptors (Lipinski definition) is 5.